The van der Waals surface area contributed by atoms with Crippen molar-refractivity contribution in [3.63, 3.8) is 0 Å². The summed E-state index contributed by atoms with van der Waals surface area (Å²) in [6.45, 7) is 4.40. The van der Waals surface area contributed by atoms with Gasteiger partial charge in [0.05, 0.1) is 12.1 Å². The Hall–Kier alpha value is -1.79. The number of hydrogen-bond donors (Lipinski definition) is 2. The number of carbonyl (C=O) groups excluding carboxylic acids is 1. The van der Waals surface area contributed by atoms with Crippen molar-refractivity contribution < 1.29 is 4.79 Å². The van der Waals surface area contributed by atoms with E-state index in [9.17, 15) is 4.79 Å². The van der Waals surface area contributed by atoms with Gasteiger partial charge in [-0.15, -0.1) is 0 Å². The van der Waals surface area contributed by atoms with Crippen LogP contribution in [0, 0.1) is 11.8 Å². The molecule has 0 aromatic heterocycles. The smallest absolute Gasteiger partial charge is 0.252 e. The Morgan fingerprint density at radius 3 is 2.83 bits per heavy atom. The number of benzene rings is 1. The van der Waals surface area contributed by atoms with Crippen LogP contribution in [0.15, 0.2) is 24.3 Å². The van der Waals surface area contributed by atoms with E-state index >= 15 is 0 Å². The molecule has 1 amide bonds. The number of nitrogens with two attached hydrogens (primary N) is 1. The van der Waals surface area contributed by atoms with E-state index < -0.39 is 0 Å². The van der Waals surface area contributed by atoms with Gasteiger partial charge in [-0.1, -0.05) is 37.3 Å². The van der Waals surface area contributed by atoms with E-state index in [2.05, 4.69) is 24.1 Å². The minimum Gasteiger partial charge on any atom is -0.350 e. The Morgan fingerprint density at radius 2 is 2.17 bits per heavy atom. The van der Waals surface area contributed by atoms with Crippen molar-refractivity contribution >= 4 is 5.91 Å². The molecule has 0 aliphatic carbocycles. The molecule has 18 heavy (non-hydrogen) atoms. The van der Waals surface area contributed by atoms with Gasteiger partial charge < -0.3 is 11.1 Å². The van der Waals surface area contributed by atoms with E-state index in [-0.39, 0.29) is 11.9 Å². The second-order valence-electron chi connectivity index (χ2n) is 4.21. The van der Waals surface area contributed by atoms with Gasteiger partial charge in [0, 0.05) is 11.6 Å². The minimum atomic E-state index is -0.0714. The molecule has 1 aromatic rings. The summed E-state index contributed by atoms with van der Waals surface area (Å²) in [4.78, 5) is 12.1. The Balaban J connectivity index is 2.85. The highest BCUT2D eigenvalue weighted by Gasteiger charge is 2.11. The topological polar surface area (TPSA) is 55.1 Å². The lowest BCUT2D eigenvalue weighted by Crippen LogP contribution is -2.32. The Kier molecular flexibility index (Phi) is 5.96. The SMILES string of the molecule is CCCC(C)NC(=O)c1ccccc1C#CCN. The average Bonchev–Trinajstić information content (AvgIpc) is 2.36. The first-order valence-electron chi connectivity index (χ1n) is 6.27. The number of carbonyl (C=O) groups is 1. The third kappa shape index (κ3) is 4.23. The minimum absolute atomic E-state index is 0.0714. The predicted octanol–water partition coefficient (Wildman–Crippen LogP) is 1.92. The maximum absolute atomic E-state index is 12.1. The van der Waals surface area contributed by atoms with Crippen LogP contribution < -0.4 is 11.1 Å². The Morgan fingerprint density at radius 1 is 1.44 bits per heavy atom. The summed E-state index contributed by atoms with van der Waals surface area (Å²) in [6, 6.07) is 7.51. The molecular formula is C15H20N2O. The fraction of sp³-hybridized carbons (Fsp3) is 0.400. The molecule has 0 saturated carbocycles. The van der Waals surface area contributed by atoms with Crippen molar-refractivity contribution in [1.29, 1.82) is 0 Å². The van der Waals surface area contributed by atoms with Crippen molar-refractivity contribution in [1.82, 2.24) is 5.32 Å². The highest BCUT2D eigenvalue weighted by atomic mass is 16.1. The molecule has 3 heteroatoms. The Labute approximate surface area is 109 Å². The largest absolute Gasteiger partial charge is 0.350 e. The third-order valence-electron chi connectivity index (χ3n) is 2.60. The molecule has 1 aromatic carbocycles. The molecule has 0 bridgehead atoms. The number of nitrogens with one attached hydrogen (secondary N) is 1. The lowest BCUT2D eigenvalue weighted by atomic mass is 10.1. The van der Waals surface area contributed by atoms with Gasteiger partial charge in [-0.25, -0.2) is 0 Å². The summed E-state index contributed by atoms with van der Waals surface area (Å²) in [5.74, 6) is 5.63. The van der Waals surface area contributed by atoms with E-state index in [0.29, 0.717) is 12.1 Å². The second kappa shape index (κ2) is 7.52. The summed E-state index contributed by atoms with van der Waals surface area (Å²) >= 11 is 0. The van der Waals surface area contributed by atoms with Gasteiger partial charge in [0.1, 0.15) is 0 Å². The average molecular weight is 244 g/mol. The lowest BCUT2D eigenvalue weighted by molar-refractivity contribution is 0.0938. The molecule has 0 heterocycles. The van der Waals surface area contributed by atoms with Gasteiger partial charge in [0.25, 0.3) is 5.91 Å². The first-order chi connectivity index (χ1) is 8.69. The summed E-state index contributed by atoms with van der Waals surface area (Å²) in [7, 11) is 0. The van der Waals surface area contributed by atoms with Crippen molar-refractivity contribution in [3.8, 4) is 11.8 Å². The molecule has 1 rings (SSSR count). The van der Waals surface area contributed by atoms with E-state index in [1.54, 1.807) is 6.07 Å². The van der Waals surface area contributed by atoms with Crippen LogP contribution in [0.1, 0.15) is 42.6 Å². The molecule has 0 aliphatic rings. The Bertz CT molecular complexity index is 457. The van der Waals surface area contributed by atoms with E-state index in [1.807, 2.05) is 25.1 Å². The van der Waals surface area contributed by atoms with E-state index in [0.717, 1.165) is 18.4 Å². The lowest BCUT2D eigenvalue weighted by Gasteiger charge is -2.13. The van der Waals surface area contributed by atoms with Crippen LogP contribution in [0.4, 0.5) is 0 Å². The van der Waals surface area contributed by atoms with E-state index in [4.69, 9.17) is 5.73 Å². The molecule has 3 nitrogen and oxygen atoms in total. The number of amides is 1. The van der Waals surface area contributed by atoms with Gasteiger partial charge in [-0.05, 0) is 25.5 Å². The highest BCUT2D eigenvalue weighted by Crippen LogP contribution is 2.08. The second-order valence-corrected chi connectivity index (χ2v) is 4.21. The molecule has 0 saturated heterocycles. The summed E-state index contributed by atoms with van der Waals surface area (Å²) < 4.78 is 0. The zero-order valence-corrected chi connectivity index (χ0v) is 11.0. The first-order valence-corrected chi connectivity index (χ1v) is 6.27. The van der Waals surface area contributed by atoms with Gasteiger partial charge in [0.2, 0.25) is 0 Å². The predicted molar refractivity (Wildman–Crippen MR) is 74.2 cm³/mol. The molecule has 0 fully saturated rings. The van der Waals surface area contributed by atoms with Gasteiger partial charge >= 0.3 is 0 Å². The van der Waals surface area contributed by atoms with E-state index in [1.165, 1.54) is 0 Å². The molecular weight excluding hydrogens is 224 g/mol. The van der Waals surface area contributed by atoms with Crippen LogP contribution >= 0.6 is 0 Å². The van der Waals surface area contributed by atoms with Crippen molar-refractivity contribution in [2.24, 2.45) is 5.73 Å². The van der Waals surface area contributed by atoms with Crippen LogP contribution in [-0.4, -0.2) is 18.5 Å². The quantitative estimate of drug-likeness (QED) is 0.795. The normalized spacial score (nSPS) is 11.3. The standard InChI is InChI=1S/C15H20N2O/c1-3-7-12(2)17-15(18)14-10-5-4-8-13(14)9-6-11-16/h4-5,8,10,12H,3,7,11,16H2,1-2H3,(H,17,18). The molecule has 0 radical (unpaired) electrons. The highest BCUT2D eigenvalue weighted by molar-refractivity contribution is 5.96. The molecule has 0 aliphatic heterocycles. The van der Waals surface area contributed by atoms with Crippen molar-refractivity contribution in [2.75, 3.05) is 6.54 Å². The maximum Gasteiger partial charge on any atom is 0.252 e. The third-order valence-corrected chi connectivity index (χ3v) is 2.60. The molecule has 96 valence electrons. The van der Waals surface area contributed by atoms with Gasteiger partial charge in [0.15, 0.2) is 0 Å². The zero-order chi connectivity index (χ0) is 13.4. The monoisotopic (exact) mass is 244 g/mol. The van der Waals surface area contributed by atoms with Crippen LogP contribution in [0.5, 0.6) is 0 Å². The zero-order valence-electron chi connectivity index (χ0n) is 11.0. The summed E-state index contributed by atoms with van der Waals surface area (Å²) in [5, 5.41) is 2.98. The summed E-state index contributed by atoms with van der Waals surface area (Å²) in [6.07, 6.45) is 2.03. The molecule has 1 atom stereocenters. The molecule has 0 spiro atoms. The van der Waals surface area contributed by atoms with Crippen LogP contribution in [0.3, 0.4) is 0 Å². The number of hydrogen-bond acceptors (Lipinski definition) is 2. The van der Waals surface area contributed by atoms with Crippen molar-refractivity contribution in [3.05, 3.63) is 35.4 Å². The van der Waals surface area contributed by atoms with Crippen LogP contribution in [-0.2, 0) is 0 Å². The molecule has 1 unspecified atom stereocenters. The van der Waals surface area contributed by atoms with Crippen LogP contribution in [0.25, 0.3) is 0 Å². The van der Waals surface area contributed by atoms with Gasteiger partial charge in [-0.3, -0.25) is 4.79 Å². The fourth-order valence-electron chi connectivity index (χ4n) is 1.74. The fourth-order valence-corrected chi connectivity index (χ4v) is 1.74. The first kappa shape index (κ1) is 14.3. The maximum atomic E-state index is 12.1. The van der Waals surface area contributed by atoms with Crippen molar-refractivity contribution in [2.45, 2.75) is 32.7 Å². The van der Waals surface area contributed by atoms with Gasteiger partial charge in [-0.2, -0.15) is 0 Å². The summed E-state index contributed by atoms with van der Waals surface area (Å²) in [5.41, 5.74) is 6.69. The van der Waals surface area contributed by atoms with Crippen LogP contribution in [0.2, 0.25) is 0 Å². The molecule has 3 N–H and O–H groups in total. The number of rotatable bonds is 4.